The minimum Gasteiger partial charge on any atom is -0.380 e. The van der Waals surface area contributed by atoms with E-state index in [0.29, 0.717) is 12.0 Å². The van der Waals surface area contributed by atoms with Crippen molar-refractivity contribution < 1.29 is 9.13 Å². The van der Waals surface area contributed by atoms with E-state index < -0.39 is 0 Å². The van der Waals surface area contributed by atoms with Crippen molar-refractivity contribution in [3.63, 3.8) is 0 Å². The lowest BCUT2D eigenvalue weighted by atomic mass is 9.76. The summed E-state index contributed by atoms with van der Waals surface area (Å²) in [6, 6.07) is 7.47. The SMILES string of the molecule is COC(C)CNC1CC(c2ccc(F)cc2)C1. The van der Waals surface area contributed by atoms with Crippen molar-refractivity contribution in [2.45, 2.75) is 37.8 Å². The molecule has 0 saturated heterocycles. The number of rotatable bonds is 5. The second-order valence-electron chi connectivity index (χ2n) is 4.87. The van der Waals surface area contributed by atoms with Crippen molar-refractivity contribution >= 4 is 0 Å². The predicted molar refractivity (Wildman–Crippen MR) is 66.6 cm³/mol. The zero-order valence-corrected chi connectivity index (χ0v) is 10.4. The summed E-state index contributed by atoms with van der Waals surface area (Å²) in [5.74, 6) is 0.433. The number of hydrogen-bond acceptors (Lipinski definition) is 2. The van der Waals surface area contributed by atoms with Crippen LogP contribution in [0.15, 0.2) is 24.3 Å². The van der Waals surface area contributed by atoms with E-state index in [1.165, 1.54) is 5.56 Å². The van der Waals surface area contributed by atoms with E-state index >= 15 is 0 Å². The number of nitrogens with one attached hydrogen (secondary N) is 1. The van der Waals surface area contributed by atoms with Gasteiger partial charge in [-0.15, -0.1) is 0 Å². The Morgan fingerprint density at radius 2 is 2.00 bits per heavy atom. The second kappa shape index (κ2) is 5.61. The van der Waals surface area contributed by atoms with Gasteiger partial charge in [0.05, 0.1) is 6.10 Å². The van der Waals surface area contributed by atoms with Crippen molar-refractivity contribution in [2.75, 3.05) is 13.7 Å². The maximum Gasteiger partial charge on any atom is 0.123 e. The molecule has 1 saturated carbocycles. The third-order valence-corrected chi connectivity index (χ3v) is 3.58. The second-order valence-corrected chi connectivity index (χ2v) is 4.87. The van der Waals surface area contributed by atoms with Crippen LogP contribution in [-0.2, 0) is 4.74 Å². The molecule has 1 aromatic rings. The van der Waals surface area contributed by atoms with Crippen molar-refractivity contribution in [2.24, 2.45) is 0 Å². The average Bonchev–Trinajstić information content (AvgIpc) is 2.29. The molecule has 0 bridgehead atoms. The minimum absolute atomic E-state index is 0.156. The Balaban J connectivity index is 1.73. The first-order valence-electron chi connectivity index (χ1n) is 6.20. The van der Waals surface area contributed by atoms with Gasteiger partial charge in [-0.1, -0.05) is 12.1 Å². The fourth-order valence-corrected chi connectivity index (χ4v) is 2.21. The molecule has 2 rings (SSSR count). The van der Waals surface area contributed by atoms with Gasteiger partial charge in [-0.2, -0.15) is 0 Å². The highest BCUT2D eigenvalue weighted by atomic mass is 19.1. The van der Waals surface area contributed by atoms with Gasteiger partial charge in [0.15, 0.2) is 0 Å². The number of benzene rings is 1. The van der Waals surface area contributed by atoms with E-state index in [-0.39, 0.29) is 11.9 Å². The number of methoxy groups -OCH3 is 1. The summed E-state index contributed by atoms with van der Waals surface area (Å²) in [5, 5.41) is 3.48. The molecule has 0 amide bonds. The first kappa shape index (κ1) is 12.5. The Morgan fingerprint density at radius 1 is 1.35 bits per heavy atom. The topological polar surface area (TPSA) is 21.3 Å². The highest BCUT2D eigenvalue weighted by Gasteiger charge is 2.29. The Morgan fingerprint density at radius 3 is 2.59 bits per heavy atom. The van der Waals surface area contributed by atoms with Gasteiger partial charge in [0.2, 0.25) is 0 Å². The molecule has 0 heterocycles. The van der Waals surface area contributed by atoms with E-state index in [2.05, 4.69) is 12.2 Å². The zero-order chi connectivity index (χ0) is 12.3. The molecular weight excluding hydrogens is 217 g/mol. The number of halogens is 1. The molecule has 1 aliphatic carbocycles. The van der Waals surface area contributed by atoms with E-state index in [1.54, 1.807) is 19.2 Å². The molecule has 3 heteroatoms. The lowest BCUT2D eigenvalue weighted by Gasteiger charge is -2.37. The van der Waals surface area contributed by atoms with Gasteiger partial charge in [-0.25, -0.2) is 4.39 Å². The monoisotopic (exact) mass is 237 g/mol. The fourth-order valence-electron chi connectivity index (χ4n) is 2.21. The Hall–Kier alpha value is -0.930. The van der Waals surface area contributed by atoms with Crippen LogP contribution in [0.5, 0.6) is 0 Å². The smallest absolute Gasteiger partial charge is 0.123 e. The van der Waals surface area contributed by atoms with Gasteiger partial charge in [0, 0.05) is 19.7 Å². The molecule has 1 atom stereocenters. The third-order valence-electron chi connectivity index (χ3n) is 3.58. The molecule has 0 aliphatic heterocycles. The Kier molecular flexibility index (Phi) is 4.13. The predicted octanol–water partition coefficient (Wildman–Crippen LogP) is 2.70. The molecule has 0 radical (unpaired) electrons. The van der Waals surface area contributed by atoms with Gasteiger partial charge in [0.25, 0.3) is 0 Å². The molecule has 0 spiro atoms. The molecular formula is C14H20FNO. The molecule has 2 nitrogen and oxygen atoms in total. The minimum atomic E-state index is -0.156. The van der Waals surface area contributed by atoms with Crippen LogP contribution in [0.2, 0.25) is 0 Å². The fraction of sp³-hybridized carbons (Fsp3) is 0.571. The van der Waals surface area contributed by atoms with Crippen molar-refractivity contribution in [1.82, 2.24) is 5.32 Å². The van der Waals surface area contributed by atoms with Crippen LogP contribution in [0.1, 0.15) is 31.2 Å². The zero-order valence-electron chi connectivity index (χ0n) is 10.4. The third kappa shape index (κ3) is 3.27. The molecule has 1 fully saturated rings. The van der Waals surface area contributed by atoms with Crippen molar-refractivity contribution in [1.29, 1.82) is 0 Å². The molecule has 1 aromatic carbocycles. The lowest BCUT2D eigenvalue weighted by Crippen LogP contribution is -2.43. The van der Waals surface area contributed by atoms with Crippen molar-refractivity contribution in [3.05, 3.63) is 35.6 Å². The van der Waals surface area contributed by atoms with Crippen LogP contribution in [0.3, 0.4) is 0 Å². The van der Waals surface area contributed by atoms with Crippen LogP contribution >= 0.6 is 0 Å². The summed E-state index contributed by atoms with van der Waals surface area (Å²) in [5.41, 5.74) is 1.25. The average molecular weight is 237 g/mol. The van der Waals surface area contributed by atoms with Crippen LogP contribution in [0.4, 0.5) is 4.39 Å². The lowest BCUT2D eigenvalue weighted by molar-refractivity contribution is 0.108. The van der Waals surface area contributed by atoms with Gasteiger partial charge < -0.3 is 10.1 Å². The summed E-state index contributed by atoms with van der Waals surface area (Å²) >= 11 is 0. The van der Waals surface area contributed by atoms with E-state index in [9.17, 15) is 4.39 Å². The maximum absolute atomic E-state index is 12.8. The van der Waals surface area contributed by atoms with Crippen LogP contribution in [0.25, 0.3) is 0 Å². The summed E-state index contributed by atoms with van der Waals surface area (Å²) < 4.78 is 18.0. The molecule has 0 aromatic heterocycles. The van der Waals surface area contributed by atoms with Crippen LogP contribution < -0.4 is 5.32 Å². The van der Waals surface area contributed by atoms with Gasteiger partial charge in [-0.3, -0.25) is 0 Å². The largest absolute Gasteiger partial charge is 0.380 e. The summed E-state index contributed by atoms with van der Waals surface area (Å²) in [6.45, 7) is 2.96. The van der Waals surface area contributed by atoms with Gasteiger partial charge in [0.1, 0.15) is 5.82 Å². The Labute approximate surface area is 102 Å². The number of hydrogen-bond donors (Lipinski definition) is 1. The highest BCUT2D eigenvalue weighted by molar-refractivity contribution is 5.23. The normalized spacial score (nSPS) is 25.4. The molecule has 1 aliphatic rings. The standard InChI is InChI=1S/C14H20FNO/c1-10(17-2)9-16-14-7-12(8-14)11-3-5-13(15)6-4-11/h3-6,10,12,14,16H,7-9H2,1-2H3. The van der Waals surface area contributed by atoms with Crippen LogP contribution in [0, 0.1) is 5.82 Å². The first-order chi connectivity index (χ1) is 8.19. The van der Waals surface area contributed by atoms with Crippen LogP contribution in [-0.4, -0.2) is 25.8 Å². The Bertz CT molecular complexity index is 346. The highest BCUT2D eigenvalue weighted by Crippen LogP contribution is 2.36. The number of ether oxygens (including phenoxy) is 1. The van der Waals surface area contributed by atoms with Gasteiger partial charge >= 0.3 is 0 Å². The van der Waals surface area contributed by atoms with Gasteiger partial charge in [-0.05, 0) is 43.4 Å². The summed E-state index contributed by atoms with van der Waals surface area (Å²) in [7, 11) is 1.73. The quantitative estimate of drug-likeness (QED) is 0.850. The van der Waals surface area contributed by atoms with Crippen molar-refractivity contribution in [3.8, 4) is 0 Å². The summed E-state index contributed by atoms with van der Waals surface area (Å²) in [6.07, 6.45) is 2.55. The molecule has 1 N–H and O–H groups in total. The summed E-state index contributed by atoms with van der Waals surface area (Å²) in [4.78, 5) is 0. The van der Waals surface area contributed by atoms with E-state index in [1.807, 2.05) is 12.1 Å². The van der Waals surface area contributed by atoms with E-state index in [4.69, 9.17) is 4.74 Å². The first-order valence-corrected chi connectivity index (χ1v) is 6.20. The molecule has 94 valence electrons. The molecule has 17 heavy (non-hydrogen) atoms. The van der Waals surface area contributed by atoms with E-state index in [0.717, 1.165) is 19.4 Å². The molecule has 1 unspecified atom stereocenters. The maximum atomic E-state index is 12.8.